The summed E-state index contributed by atoms with van der Waals surface area (Å²) in [5.41, 5.74) is 2.91. The van der Waals surface area contributed by atoms with E-state index in [4.69, 9.17) is 11.6 Å². The third-order valence-electron chi connectivity index (χ3n) is 3.32. The van der Waals surface area contributed by atoms with Crippen molar-refractivity contribution in [3.05, 3.63) is 43.1 Å². The molecule has 1 heterocycles. The molecule has 3 rings (SSSR count). The lowest BCUT2D eigenvalue weighted by atomic mass is 9.94. The van der Waals surface area contributed by atoms with E-state index in [-0.39, 0.29) is 5.43 Å². The van der Waals surface area contributed by atoms with Gasteiger partial charge >= 0.3 is 0 Å². The van der Waals surface area contributed by atoms with Gasteiger partial charge in [0, 0.05) is 21.1 Å². The second-order valence-corrected chi connectivity index (χ2v) is 5.75. The molecule has 0 fully saturated rings. The molecule has 0 bridgehead atoms. The van der Waals surface area contributed by atoms with Crippen molar-refractivity contribution in [2.45, 2.75) is 25.7 Å². The van der Waals surface area contributed by atoms with Gasteiger partial charge in [-0.1, -0.05) is 27.5 Å². The fraction of sp³-hybridized carbons (Fsp3) is 0.308. The lowest BCUT2D eigenvalue weighted by Crippen LogP contribution is -2.18. The van der Waals surface area contributed by atoms with Gasteiger partial charge in [-0.2, -0.15) is 0 Å². The van der Waals surface area contributed by atoms with Gasteiger partial charge in [-0.25, -0.2) is 0 Å². The van der Waals surface area contributed by atoms with E-state index in [1.807, 2.05) is 12.1 Å². The van der Waals surface area contributed by atoms with Crippen LogP contribution in [0.2, 0.25) is 5.02 Å². The van der Waals surface area contributed by atoms with Crippen molar-refractivity contribution < 1.29 is 0 Å². The second kappa shape index (κ2) is 4.14. The Kier molecular flexibility index (Phi) is 2.75. The second-order valence-electron chi connectivity index (χ2n) is 4.43. The van der Waals surface area contributed by atoms with Gasteiger partial charge in [-0.3, -0.25) is 4.79 Å². The van der Waals surface area contributed by atoms with Crippen molar-refractivity contribution in [2.75, 3.05) is 0 Å². The molecular formula is C13H11BrClNO. The number of aromatic amines is 1. The van der Waals surface area contributed by atoms with Crippen molar-refractivity contribution in [1.29, 1.82) is 0 Å². The van der Waals surface area contributed by atoms with Gasteiger partial charge in [-0.15, -0.1) is 0 Å². The topological polar surface area (TPSA) is 32.9 Å². The smallest absolute Gasteiger partial charge is 0.192 e. The molecule has 17 heavy (non-hydrogen) atoms. The van der Waals surface area contributed by atoms with Gasteiger partial charge in [0.25, 0.3) is 0 Å². The summed E-state index contributed by atoms with van der Waals surface area (Å²) >= 11 is 9.55. The highest BCUT2D eigenvalue weighted by Crippen LogP contribution is 2.27. The molecule has 1 N–H and O–H groups in total. The number of hydrogen-bond donors (Lipinski definition) is 1. The summed E-state index contributed by atoms with van der Waals surface area (Å²) in [7, 11) is 0. The maximum absolute atomic E-state index is 12.4. The minimum absolute atomic E-state index is 0.136. The predicted molar refractivity (Wildman–Crippen MR) is 73.9 cm³/mol. The Balaban J connectivity index is 2.44. The van der Waals surface area contributed by atoms with Gasteiger partial charge in [0.1, 0.15) is 0 Å². The van der Waals surface area contributed by atoms with Crippen molar-refractivity contribution in [2.24, 2.45) is 0 Å². The fourth-order valence-corrected chi connectivity index (χ4v) is 3.34. The van der Waals surface area contributed by atoms with Crippen LogP contribution in [0.5, 0.6) is 0 Å². The summed E-state index contributed by atoms with van der Waals surface area (Å²) in [4.78, 5) is 15.7. The first kappa shape index (κ1) is 11.3. The van der Waals surface area contributed by atoms with Gasteiger partial charge in [0.05, 0.1) is 10.5 Å². The van der Waals surface area contributed by atoms with Gasteiger partial charge in [0.2, 0.25) is 0 Å². The zero-order valence-electron chi connectivity index (χ0n) is 9.15. The van der Waals surface area contributed by atoms with Crippen molar-refractivity contribution in [3.63, 3.8) is 0 Å². The van der Waals surface area contributed by atoms with E-state index >= 15 is 0 Å². The van der Waals surface area contributed by atoms with E-state index in [1.165, 1.54) is 0 Å². The SMILES string of the molecule is O=c1c2c([nH]c3c(Cl)cc(Br)cc13)CCCC2. The van der Waals surface area contributed by atoms with E-state index in [1.54, 1.807) is 0 Å². The van der Waals surface area contributed by atoms with Gasteiger partial charge in [0.15, 0.2) is 5.43 Å². The first-order chi connectivity index (χ1) is 8.16. The van der Waals surface area contributed by atoms with Crippen LogP contribution < -0.4 is 5.43 Å². The van der Waals surface area contributed by atoms with Gasteiger partial charge in [-0.05, 0) is 37.8 Å². The Bertz CT molecular complexity index is 662. The maximum Gasteiger partial charge on any atom is 0.192 e. The van der Waals surface area contributed by atoms with E-state index in [0.717, 1.165) is 46.9 Å². The maximum atomic E-state index is 12.4. The molecule has 88 valence electrons. The number of nitrogens with one attached hydrogen (secondary N) is 1. The summed E-state index contributed by atoms with van der Waals surface area (Å²) in [6, 6.07) is 3.66. The van der Waals surface area contributed by atoms with Crippen molar-refractivity contribution in [3.8, 4) is 0 Å². The third kappa shape index (κ3) is 1.81. The number of halogens is 2. The Morgan fingerprint density at radius 2 is 2.00 bits per heavy atom. The minimum atomic E-state index is 0.136. The molecule has 0 saturated carbocycles. The van der Waals surface area contributed by atoms with E-state index in [9.17, 15) is 4.79 Å². The third-order valence-corrected chi connectivity index (χ3v) is 4.07. The largest absolute Gasteiger partial charge is 0.357 e. The minimum Gasteiger partial charge on any atom is -0.357 e. The molecule has 4 heteroatoms. The Morgan fingerprint density at radius 3 is 2.82 bits per heavy atom. The van der Waals surface area contributed by atoms with Crippen molar-refractivity contribution >= 4 is 38.4 Å². The molecule has 0 atom stereocenters. The van der Waals surface area contributed by atoms with Crippen LogP contribution in [0.15, 0.2) is 21.4 Å². The van der Waals surface area contributed by atoms with Crippen LogP contribution in [0, 0.1) is 0 Å². The Morgan fingerprint density at radius 1 is 1.24 bits per heavy atom. The zero-order chi connectivity index (χ0) is 12.0. The average Bonchev–Trinajstić information content (AvgIpc) is 2.31. The Hall–Kier alpha value is -0.800. The lowest BCUT2D eigenvalue weighted by molar-refractivity contribution is 0.667. The van der Waals surface area contributed by atoms with Crippen LogP contribution in [0.3, 0.4) is 0 Å². The molecule has 1 aliphatic carbocycles. The number of aryl methyl sites for hydroxylation is 1. The molecule has 2 aromatic rings. The lowest BCUT2D eigenvalue weighted by Gasteiger charge is -2.16. The molecule has 1 aromatic heterocycles. The highest BCUT2D eigenvalue weighted by molar-refractivity contribution is 9.10. The van der Waals surface area contributed by atoms with Crippen LogP contribution >= 0.6 is 27.5 Å². The Labute approximate surface area is 112 Å². The molecule has 0 spiro atoms. The molecule has 0 saturated heterocycles. The van der Waals surface area contributed by atoms with E-state index in [0.29, 0.717) is 10.4 Å². The van der Waals surface area contributed by atoms with Gasteiger partial charge < -0.3 is 4.98 Å². The standard InChI is InChI=1S/C13H11BrClNO/c14-7-5-9-12(10(15)6-7)16-11-4-2-1-3-8(11)13(9)17/h5-6H,1-4H2,(H,16,17). The van der Waals surface area contributed by atoms with Crippen LogP contribution in [-0.4, -0.2) is 4.98 Å². The summed E-state index contributed by atoms with van der Waals surface area (Å²) in [5, 5.41) is 1.28. The van der Waals surface area contributed by atoms with Crippen LogP contribution in [-0.2, 0) is 12.8 Å². The molecule has 1 aliphatic rings. The predicted octanol–water partition coefficient (Wildman–Crippen LogP) is 3.82. The number of aromatic nitrogens is 1. The fourth-order valence-electron chi connectivity index (χ4n) is 2.49. The summed E-state index contributed by atoms with van der Waals surface area (Å²) in [6.07, 6.45) is 4.07. The molecule has 0 radical (unpaired) electrons. The molecule has 2 nitrogen and oxygen atoms in total. The monoisotopic (exact) mass is 311 g/mol. The normalized spacial score (nSPS) is 14.9. The van der Waals surface area contributed by atoms with Crippen LogP contribution in [0.1, 0.15) is 24.1 Å². The van der Waals surface area contributed by atoms with Crippen LogP contribution in [0.4, 0.5) is 0 Å². The first-order valence-electron chi connectivity index (χ1n) is 5.69. The van der Waals surface area contributed by atoms with E-state index in [2.05, 4.69) is 20.9 Å². The number of hydrogen-bond acceptors (Lipinski definition) is 1. The quantitative estimate of drug-likeness (QED) is 0.788. The molecule has 0 unspecified atom stereocenters. The van der Waals surface area contributed by atoms with Crippen LogP contribution in [0.25, 0.3) is 10.9 Å². The highest BCUT2D eigenvalue weighted by atomic mass is 79.9. The molecular weight excluding hydrogens is 302 g/mol. The van der Waals surface area contributed by atoms with Crippen molar-refractivity contribution in [1.82, 2.24) is 4.98 Å². The molecule has 0 aliphatic heterocycles. The zero-order valence-corrected chi connectivity index (χ0v) is 11.5. The highest BCUT2D eigenvalue weighted by Gasteiger charge is 2.16. The summed E-state index contributed by atoms with van der Waals surface area (Å²) < 4.78 is 0.844. The summed E-state index contributed by atoms with van der Waals surface area (Å²) in [5.74, 6) is 0. The number of fused-ring (bicyclic) bond motifs is 2. The summed E-state index contributed by atoms with van der Waals surface area (Å²) in [6.45, 7) is 0. The number of pyridine rings is 1. The number of H-pyrrole nitrogens is 1. The average molecular weight is 313 g/mol. The van der Waals surface area contributed by atoms with E-state index < -0.39 is 0 Å². The molecule has 0 amide bonds. The number of rotatable bonds is 0. The first-order valence-corrected chi connectivity index (χ1v) is 6.86. The number of benzene rings is 1. The molecule has 1 aromatic carbocycles.